The van der Waals surface area contributed by atoms with Crippen molar-refractivity contribution in [2.24, 2.45) is 13.0 Å². The van der Waals surface area contributed by atoms with E-state index in [9.17, 15) is 27.9 Å². The molecule has 10 heteroatoms. The lowest BCUT2D eigenvalue weighted by molar-refractivity contribution is -0.272. The average molecular weight is 440 g/mol. The van der Waals surface area contributed by atoms with E-state index in [1.807, 2.05) is 13.0 Å². The number of nitrogens with zero attached hydrogens (tertiary/aromatic N) is 2. The predicted octanol–water partition coefficient (Wildman–Crippen LogP) is 2.44. The molecule has 7 nitrogen and oxygen atoms in total. The van der Waals surface area contributed by atoms with Gasteiger partial charge in [-0.05, 0) is 25.0 Å². The van der Waals surface area contributed by atoms with E-state index in [1.165, 1.54) is 13.2 Å². The molecule has 0 aliphatic rings. The molecule has 2 atom stereocenters. The second-order valence-corrected chi connectivity index (χ2v) is 7.83. The van der Waals surface area contributed by atoms with Crippen LogP contribution in [0.5, 0.6) is 0 Å². The normalized spacial score (nSPS) is 14.7. The van der Waals surface area contributed by atoms with Crippen molar-refractivity contribution in [1.82, 2.24) is 20.2 Å². The molecule has 0 saturated carbocycles. The largest absolute Gasteiger partial charge is 0.424 e. The van der Waals surface area contributed by atoms with E-state index < -0.39 is 48.4 Å². The van der Waals surface area contributed by atoms with Gasteiger partial charge in [0.25, 0.3) is 5.91 Å². The van der Waals surface area contributed by atoms with Crippen molar-refractivity contribution < 1.29 is 27.9 Å². The lowest BCUT2D eigenvalue weighted by atomic mass is 9.97. The van der Waals surface area contributed by atoms with E-state index in [-0.39, 0.29) is 5.92 Å². The lowest BCUT2D eigenvalue weighted by Gasteiger charge is -2.30. The Morgan fingerprint density at radius 2 is 1.94 bits per heavy atom. The first kappa shape index (κ1) is 24.4. The minimum absolute atomic E-state index is 0.315. The molecule has 0 radical (unpaired) electrons. The first-order valence-electron chi connectivity index (χ1n) is 9.79. The fourth-order valence-electron chi connectivity index (χ4n) is 3.17. The van der Waals surface area contributed by atoms with Crippen molar-refractivity contribution >= 4 is 11.8 Å². The van der Waals surface area contributed by atoms with Gasteiger partial charge in [0.05, 0.1) is 0 Å². The topological polar surface area (TPSA) is 96.2 Å². The Hall–Kier alpha value is -2.88. The third kappa shape index (κ3) is 5.63. The Labute approximate surface area is 178 Å². The summed E-state index contributed by atoms with van der Waals surface area (Å²) < 4.78 is 41.8. The molecule has 1 heterocycles. The Kier molecular flexibility index (Phi) is 7.48. The molecular formula is C21H27F3N4O3. The third-order valence-corrected chi connectivity index (χ3v) is 4.96. The van der Waals surface area contributed by atoms with Gasteiger partial charge in [-0.15, -0.1) is 0 Å². The molecule has 1 aromatic carbocycles. The number of imidazole rings is 1. The molecule has 2 aromatic rings. The molecule has 0 spiro atoms. The highest BCUT2D eigenvalue weighted by atomic mass is 19.4. The van der Waals surface area contributed by atoms with Gasteiger partial charge in [0.15, 0.2) is 0 Å². The van der Waals surface area contributed by atoms with Crippen molar-refractivity contribution in [3.8, 4) is 0 Å². The summed E-state index contributed by atoms with van der Waals surface area (Å²) in [6, 6.07) is 5.85. The average Bonchev–Trinajstić information content (AvgIpc) is 3.10. The van der Waals surface area contributed by atoms with Gasteiger partial charge in [0.1, 0.15) is 11.9 Å². The molecule has 31 heavy (non-hydrogen) atoms. The molecule has 0 bridgehead atoms. The number of amides is 2. The predicted molar refractivity (Wildman–Crippen MR) is 108 cm³/mol. The minimum atomic E-state index is -4.99. The number of hydrogen-bond donors (Lipinski definition) is 3. The van der Waals surface area contributed by atoms with Crippen LogP contribution in [0.4, 0.5) is 13.2 Å². The Balaban J connectivity index is 2.07. The summed E-state index contributed by atoms with van der Waals surface area (Å²) in [5.41, 5.74) is -1.98. The number of aliphatic hydroxyl groups is 1. The van der Waals surface area contributed by atoms with Gasteiger partial charge < -0.3 is 20.3 Å². The van der Waals surface area contributed by atoms with Gasteiger partial charge in [-0.1, -0.05) is 31.5 Å². The summed E-state index contributed by atoms with van der Waals surface area (Å²) >= 11 is 0. The second-order valence-electron chi connectivity index (χ2n) is 7.83. The van der Waals surface area contributed by atoms with Crippen LogP contribution in [0.2, 0.25) is 0 Å². The number of alkyl halides is 3. The molecule has 2 unspecified atom stereocenters. The molecule has 1 aromatic heterocycles. The van der Waals surface area contributed by atoms with Gasteiger partial charge in [0.2, 0.25) is 11.5 Å². The smallest absolute Gasteiger partial charge is 0.374 e. The maximum absolute atomic E-state index is 13.6. The van der Waals surface area contributed by atoms with Crippen LogP contribution in [0.25, 0.3) is 0 Å². The van der Waals surface area contributed by atoms with E-state index >= 15 is 0 Å². The van der Waals surface area contributed by atoms with E-state index in [0.717, 1.165) is 16.3 Å². The van der Waals surface area contributed by atoms with Crippen molar-refractivity contribution in [3.63, 3.8) is 0 Å². The minimum Gasteiger partial charge on any atom is -0.374 e. The summed E-state index contributed by atoms with van der Waals surface area (Å²) in [6.45, 7) is 4.78. The monoisotopic (exact) mass is 440 g/mol. The summed E-state index contributed by atoms with van der Waals surface area (Å²) in [6.07, 6.45) is -3.38. The van der Waals surface area contributed by atoms with E-state index in [1.54, 1.807) is 32.0 Å². The van der Waals surface area contributed by atoms with E-state index in [2.05, 4.69) is 15.6 Å². The molecule has 0 aliphatic heterocycles. The number of benzene rings is 1. The van der Waals surface area contributed by atoms with Crippen LogP contribution >= 0.6 is 0 Å². The molecular weight excluding hydrogens is 413 g/mol. The molecule has 0 aliphatic carbocycles. The number of hydrogen-bond acceptors (Lipinski definition) is 4. The summed E-state index contributed by atoms with van der Waals surface area (Å²) in [5.74, 6) is -1.98. The lowest BCUT2D eigenvalue weighted by Crippen LogP contribution is -2.51. The molecule has 3 N–H and O–H groups in total. The Bertz CT molecular complexity index is 927. The summed E-state index contributed by atoms with van der Waals surface area (Å²) in [4.78, 5) is 28.7. The zero-order chi connectivity index (χ0) is 23.4. The van der Waals surface area contributed by atoms with Gasteiger partial charge in [-0.2, -0.15) is 13.2 Å². The van der Waals surface area contributed by atoms with Crippen molar-refractivity contribution in [1.29, 1.82) is 0 Å². The Morgan fingerprint density at radius 3 is 2.45 bits per heavy atom. The first-order chi connectivity index (χ1) is 14.4. The molecule has 170 valence electrons. The van der Waals surface area contributed by atoms with Crippen LogP contribution in [0, 0.1) is 12.8 Å². The third-order valence-electron chi connectivity index (χ3n) is 4.96. The Morgan fingerprint density at radius 1 is 1.26 bits per heavy atom. The number of nitrogens with one attached hydrogen (secondary N) is 2. The number of aryl methyl sites for hydroxylation is 2. The van der Waals surface area contributed by atoms with Crippen LogP contribution < -0.4 is 10.6 Å². The molecule has 0 fully saturated rings. The zero-order valence-corrected chi connectivity index (χ0v) is 17.8. The number of halogens is 3. The highest BCUT2D eigenvalue weighted by Crippen LogP contribution is 2.40. The van der Waals surface area contributed by atoms with Crippen LogP contribution in [-0.4, -0.2) is 45.2 Å². The SMILES string of the molecule is Cc1cccc(C(=O)NC(C(=O)NCCC(O)(c2nccn2C)C(F)(F)F)C(C)C)c1. The van der Waals surface area contributed by atoms with Crippen LogP contribution in [-0.2, 0) is 17.4 Å². The van der Waals surface area contributed by atoms with Gasteiger partial charge >= 0.3 is 6.18 Å². The van der Waals surface area contributed by atoms with Crippen molar-refractivity contribution in [2.45, 2.75) is 45.0 Å². The fraction of sp³-hybridized carbons (Fsp3) is 0.476. The number of carbonyl (C=O) groups excluding carboxylic acids is 2. The van der Waals surface area contributed by atoms with E-state index in [4.69, 9.17) is 0 Å². The van der Waals surface area contributed by atoms with Crippen molar-refractivity contribution in [3.05, 3.63) is 53.6 Å². The van der Waals surface area contributed by atoms with Gasteiger partial charge in [0, 0.05) is 38.0 Å². The number of aromatic nitrogens is 2. The maximum Gasteiger partial charge on any atom is 0.424 e. The summed E-state index contributed by atoms with van der Waals surface area (Å²) in [7, 11) is 1.34. The first-order valence-corrected chi connectivity index (χ1v) is 9.79. The molecule has 2 rings (SSSR count). The number of rotatable bonds is 8. The standard InChI is InChI=1S/C21H27F3N4O3/c1-13(2)16(27-17(29)15-7-5-6-14(3)12-15)18(30)25-9-8-20(31,21(22,23)24)19-26-10-11-28(19)4/h5-7,10-13,16,31H,8-9H2,1-4H3,(H,25,30)(H,27,29). The van der Waals surface area contributed by atoms with Crippen LogP contribution in [0.1, 0.15) is 42.0 Å². The van der Waals surface area contributed by atoms with Crippen LogP contribution in [0.15, 0.2) is 36.7 Å². The maximum atomic E-state index is 13.6. The second kappa shape index (κ2) is 9.51. The quantitative estimate of drug-likeness (QED) is 0.588. The van der Waals surface area contributed by atoms with Gasteiger partial charge in [-0.3, -0.25) is 9.59 Å². The summed E-state index contributed by atoms with van der Waals surface area (Å²) in [5, 5.41) is 15.4. The van der Waals surface area contributed by atoms with Crippen molar-refractivity contribution in [2.75, 3.05) is 6.54 Å². The highest BCUT2D eigenvalue weighted by Gasteiger charge is 2.57. The molecule has 2 amide bonds. The zero-order valence-electron chi connectivity index (χ0n) is 17.8. The molecule has 0 saturated heterocycles. The van der Waals surface area contributed by atoms with E-state index in [0.29, 0.717) is 5.56 Å². The highest BCUT2D eigenvalue weighted by molar-refractivity contribution is 5.97. The fourth-order valence-corrected chi connectivity index (χ4v) is 3.17. The number of carbonyl (C=O) groups is 2. The van der Waals surface area contributed by atoms with Gasteiger partial charge in [-0.25, -0.2) is 4.98 Å². The van der Waals surface area contributed by atoms with Crippen LogP contribution in [0.3, 0.4) is 0 Å².